The predicted molar refractivity (Wildman–Crippen MR) is 69.2 cm³/mol. The molecule has 2 rings (SSSR count). The van der Waals surface area contributed by atoms with Gasteiger partial charge in [0.05, 0.1) is 6.61 Å². The molecule has 0 spiro atoms. The molecule has 2 nitrogen and oxygen atoms in total. The van der Waals surface area contributed by atoms with Crippen LogP contribution < -0.4 is 4.74 Å². The predicted octanol–water partition coefficient (Wildman–Crippen LogP) is 3.71. The largest absolute Gasteiger partial charge is 0.465 e. The minimum Gasteiger partial charge on any atom is -0.465 e. The molecule has 1 atom stereocenters. The summed E-state index contributed by atoms with van der Waals surface area (Å²) in [5.74, 6) is 0.891. The number of allylic oxidation sites excluding steroid dienone is 1. The van der Waals surface area contributed by atoms with Crippen molar-refractivity contribution in [3.63, 3.8) is 0 Å². The van der Waals surface area contributed by atoms with Gasteiger partial charge in [0.15, 0.2) is 6.29 Å². The van der Waals surface area contributed by atoms with Crippen LogP contribution in [-0.2, 0) is 11.2 Å². The van der Waals surface area contributed by atoms with Crippen molar-refractivity contribution in [3.8, 4) is 5.75 Å². The smallest absolute Gasteiger partial charge is 0.199 e. The van der Waals surface area contributed by atoms with E-state index < -0.39 is 0 Å². The van der Waals surface area contributed by atoms with Crippen molar-refractivity contribution in [1.82, 2.24) is 0 Å². The van der Waals surface area contributed by atoms with Gasteiger partial charge in [0.1, 0.15) is 5.75 Å². The number of hydrogen-bond acceptors (Lipinski definition) is 2. The first kappa shape index (κ1) is 12.2. The summed E-state index contributed by atoms with van der Waals surface area (Å²) in [6.45, 7) is 6.77. The van der Waals surface area contributed by atoms with Crippen LogP contribution in [0.25, 0.3) is 0 Å². The van der Waals surface area contributed by atoms with E-state index in [4.69, 9.17) is 9.47 Å². The Kier molecular flexibility index (Phi) is 4.21. The summed E-state index contributed by atoms with van der Waals surface area (Å²) in [6.07, 6.45) is 4.21. The summed E-state index contributed by atoms with van der Waals surface area (Å²) >= 11 is 0. The maximum absolute atomic E-state index is 5.77. The molecule has 1 aliphatic rings. The summed E-state index contributed by atoms with van der Waals surface area (Å²) in [6, 6.07) is 8.20. The maximum atomic E-state index is 5.77. The zero-order valence-electron chi connectivity index (χ0n) is 10.4. The van der Waals surface area contributed by atoms with Crippen molar-refractivity contribution in [3.05, 3.63) is 42.0 Å². The highest BCUT2D eigenvalue weighted by molar-refractivity contribution is 5.29. The van der Waals surface area contributed by atoms with Gasteiger partial charge < -0.3 is 9.47 Å². The number of hydrogen-bond donors (Lipinski definition) is 0. The Balaban J connectivity index is 1.90. The summed E-state index contributed by atoms with van der Waals surface area (Å²) in [4.78, 5) is 0. The van der Waals surface area contributed by atoms with Crippen LogP contribution in [0.15, 0.2) is 36.4 Å². The third-order valence-corrected chi connectivity index (χ3v) is 2.83. The molecule has 0 aromatic heterocycles. The first-order valence-electron chi connectivity index (χ1n) is 6.25. The molecule has 0 bridgehead atoms. The molecule has 0 N–H and O–H groups in total. The Morgan fingerprint density at radius 1 is 1.35 bits per heavy atom. The number of benzene rings is 1. The van der Waals surface area contributed by atoms with Crippen molar-refractivity contribution in [2.45, 2.75) is 38.9 Å². The van der Waals surface area contributed by atoms with Gasteiger partial charge in [-0.05, 0) is 43.9 Å². The fourth-order valence-electron chi connectivity index (χ4n) is 1.99. The monoisotopic (exact) mass is 232 g/mol. The molecule has 17 heavy (non-hydrogen) atoms. The Labute approximate surface area is 103 Å². The van der Waals surface area contributed by atoms with Crippen molar-refractivity contribution < 1.29 is 9.47 Å². The Hall–Kier alpha value is -1.28. The van der Waals surface area contributed by atoms with Crippen LogP contribution in [0.2, 0.25) is 0 Å². The lowest BCUT2D eigenvalue weighted by molar-refractivity contribution is -0.105. The van der Waals surface area contributed by atoms with Crippen molar-refractivity contribution in [1.29, 1.82) is 0 Å². The van der Waals surface area contributed by atoms with Crippen LogP contribution in [0, 0.1) is 0 Å². The van der Waals surface area contributed by atoms with E-state index in [1.165, 1.54) is 17.6 Å². The summed E-state index contributed by atoms with van der Waals surface area (Å²) in [5.41, 5.74) is 2.45. The molecule has 1 heterocycles. The molecular formula is C15H20O2. The average molecular weight is 232 g/mol. The van der Waals surface area contributed by atoms with Crippen molar-refractivity contribution in [2.75, 3.05) is 6.61 Å². The SMILES string of the molecule is C=C(C)Cc1ccc(O[C@@H]2CCCCO2)cc1. The Morgan fingerprint density at radius 2 is 2.12 bits per heavy atom. The normalized spacial score (nSPS) is 19.9. The lowest BCUT2D eigenvalue weighted by atomic mass is 10.1. The van der Waals surface area contributed by atoms with Crippen LogP contribution in [0.5, 0.6) is 5.75 Å². The second-order valence-corrected chi connectivity index (χ2v) is 4.69. The first-order valence-corrected chi connectivity index (χ1v) is 6.25. The van der Waals surface area contributed by atoms with E-state index in [0.717, 1.165) is 31.6 Å². The molecule has 0 radical (unpaired) electrons. The van der Waals surface area contributed by atoms with Gasteiger partial charge in [0.25, 0.3) is 0 Å². The van der Waals surface area contributed by atoms with Crippen LogP contribution in [-0.4, -0.2) is 12.9 Å². The third kappa shape index (κ3) is 3.90. The van der Waals surface area contributed by atoms with E-state index in [-0.39, 0.29) is 6.29 Å². The molecule has 1 aromatic rings. The fraction of sp³-hybridized carbons (Fsp3) is 0.467. The first-order chi connectivity index (χ1) is 8.24. The van der Waals surface area contributed by atoms with Gasteiger partial charge >= 0.3 is 0 Å². The zero-order chi connectivity index (χ0) is 12.1. The van der Waals surface area contributed by atoms with E-state index >= 15 is 0 Å². The zero-order valence-corrected chi connectivity index (χ0v) is 10.4. The summed E-state index contributed by atoms with van der Waals surface area (Å²) in [7, 11) is 0. The van der Waals surface area contributed by atoms with Gasteiger partial charge in [-0.25, -0.2) is 0 Å². The molecule has 1 aromatic carbocycles. The lowest BCUT2D eigenvalue weighted by Crippen LogP contribution is -2.24. The molecule has 1 saturated heterocycles. The lowest BCUT2D eigenvalue weighted by Gasteiger charge is -2.23. The highest BCUT2D eigenvalue weighted by Crippen LogP contribution is 2.20. The minimum atomic E-state index is -0.0595. The van der Waals surface area contributed by atoms with Crippen LogP contribution in [0.3, 0.4) is 0 Å². The van der Waals surface area contributed by atoms with E-state index in [1.807, 2.05) is 19.1 Å². The second-order valence-electron chi connectivity index (χ2n) is 4.69. The molecule has 0 aliphatic carbocycles. The number of rotatable bonds is 4. The Bertz CT molecular complexity index is 361. The summed E-state index contributed by atoms with van der Waals surface area (Å²) in [5, 5.41) is 0. The molecular weight excluding hydrogens is 212 g/mol. The van der Waals surface area contributed by atoms with E-state index in [2.05, 4.69) is 18.7 Å². The van der Waals surface area contributed by atoms with Gasteiger partial charge in [-0.3, -0.25) is 0 Å². The van der Waals surface area contributed by atoms with E-state index in [9.17, 15) is 0 Å². The van der Waals surface area contributed by atoms with Crippen LogP contribution >= 0.6 is 0 Å². The average Bonchev–Trinajstić information content (AvgIpc) is 2.32. The van der Waals surface area contributed by atoms with E-state index in [1.54, 1.807) is 0 Å². The highest BCUT2D eigenvalue weighted by Gasteiger charge is 2.14. The van der Waals surface area contributed by atoms with Gasteiger partial charge in [0, 0.05) is 6.42 Å². The molecule has 0 amide bonds. The fourth-order valence-corrected chi connectivity index (χ4v) is 1.99. The van der Waals surface area contributed by atoms with Gasteiger partial charge in [-0.1, -0.05) is 24.3 Å². The molecule has 0 unspecified atom stereocenters. The van der Waals surface area contributed by atoms with Gasteiger partial charge in [-0.15, -0.1) is 0 Å². The molecule has 1 aliphatic heterocycles. The highest BCUT2D eigenvalue weighted by atomic mass is 16.7. The van der Waals surface area contributed by atoms with Crippen molar-refractivity contribution >= 4 is 0 Å². The van der Waals surface area contributed by atoms with Crippen molar-refractivity contribution in [2.24, 2.45) is 0 Å². The molecule has 2 heteroatoms. The maximum Gasteiger partial charge on any atom is 0.199 e. The molecule has 1 fully saturated rings. The quantitative estimate of drug-likeness (QED) is 0.737. The van der Waals surface area contributed by atoms with Crippen LogP contribution in [0.1, 0.15) is 31.7 Å². The van der Waals surface area contributed by atoms with Crippen LogP contribution in [0.4, 0.5) is 0 Å². The standard InChI is InChI=1S/C15H20O2/c1-12(2)11-13-6-8-14(9-7-13)17-15-5-3-4-10-16-15/h6-9,15H,1,3-5,10-11H2,2H3/t15-/m1/s1. The third-order valence-electron chi connectivity index (χ3n) is 2.83. The topological polar surface area (TPSA) is 18.5 Å². The van der Waals surface area contributed by atoms with Gasteiger partial charge in [0.2, 0.25) is 0 Å². The number of ether oxygens (including phenoxy) is 2. The summed E-state index contributed by atoms with van der Waals surface area (Å²) < 4.78 is 11.3. The van der Waals surface area contributed by atoms with E-state index in [0.29, 0.717) is 0 Å². The molecule has 0 saturated carbocycles. The minimum absolute atomic E-state index is 0.0595. The second kappa shape index (κ2) is 5.87. The Morgan fingerprint density at radius 3 is 2.71 bits per heavy atom. The van der Waals surface area contributed by atoms with Gasteiger partial charge in [-0.2, -0.15) is 0 Å². The molecule has 92 valence electrons.